The third-order valence-electron chi connectivity index (χ3n) is 4.18. The predicted molar refractivity (Wildman–Crippen MR) is 105 cm³/mol. The third-order valence-corrected chi connectivity index (χ3v) is 5.66. The highest BCUT2D eigenvalue weighted by molar-refractivity contribution is 8.26. The Morgan fingerprint density at radius 1 is 1.31 bits per heavy atom. The van der Waals surface area contributed by atoms with E-state index in [1.54, 1.807) is 37.4 Å². The topological polar surface area (TPSA) is 59.1 Å². The fourth-order valence-electron chi connectivity index (χ4n) is 2.59. The van der Waals surface area contributed by atoms with E-state index in [1.807, 2.05) is 0 Å². The number of likely N-dealkylation sites (N-methyl/N-ethyl adjacent to an activating group) is 1. The van der Waals surface area contributed by atoms with Crippen molar-refractivity contribution in [1.29, 1.82) is 0 Å². The van der Waals surface area contributed by atoms with Crippen LogP contribution in [-0.2, 0) is 14.3 Å². The van der Waals surface area contributed by atoms with Gasteiger partial charge in [-0.15, -0.1) is 0 Å². The Kier molecular flexibility index (Phi) is 6.42. The van der Waals surface area contributed by atoms with Crippen molar-refractivity contribution in [3.63, 3.8) is 0 Å². The maximum Gasteiger partial charge on any atom is 0.338 e. The van der Waals surface area contributed by atoms with Gasteiger partial charge in [-0.25, -0.2) is 4.79 Å². The van der Waals surface area contributed by atoms with Crippen LogP contribution in [0.15, 0.2) is 29.2 Å². The summed E-state index contributed by atoms with van der Waals surface area (Å²) in [6.45, 7) is 4.27. The van der Waals surface area contributed by atoms with Crippen LogP contribution < -0.4 is 0 Å². The van der Waals surface area contributed by atoms with Crippen molar-refractivity contribution in [3.05, 3.63) is 40.3 Å². The van der Waals surface area contributed by atoms with Crippen molar-refractivity contribution >= 4 is 46.3 Å². The average Bonchev–Trinajstić information content (AvgIpc) is 2.90. The van der Waals surface area contributed by atoms with Gasteiger partial charge in [0.2, 0.25) is 0 Å². The number of amides is 1. The van der Waals surface area contributed by atoms with Gasteiger partial charge in [-0.1, -0.05) is 36.1 Å². The lowest BCUT2D eigenvalue weighted by Crippen LogP contribution is -2.38. The second-order valence-corrected chi connectivity index (χ2v) is 7.63. The average molecular weight is 393 g/mol. The van der Waals surface area contributed by atoms with E-state index in [9.17, 15) is 9.59 Å². The van der Waals surface area contributed by atoms with E-state index in [4.69, 9.17) is 21.7 Å². The quantitative estimate of drug-likeness (QED) is 0.432. The Bertz CT molecular complexity index is 727. The maximum absolute atomic E-state index is 12.1. The van der Waals surface area contributed by atoms with Gasteiger partial charge in [-0.05, 0) is 23.8 Å². The van der Waals surface area contributed by atoms with E-state index >= 15 is 0 Å². The molecule has 0 radical (unpaired) electrons. The van der Waals surface area contributed by atoms with E-state index in [1.165, 1.54) is 16.7 Å². The molecule has 138 valence electrons. The summed E-state index contributed by atoms with van der Waals surface area (Å²) in [7, 11) is 1.66. The zero-order valence-electron chi connectivity index (χ0n) is 14.5. The number of rotatable bonds is 5. The highest BCUT2D eigenvalue weighted by Crippen LogP contribution is 2.31. The van der Waals surface area contributed by atoms with Crippen molar-refractivity contribution in [2.24, 2.45) is 0 Å². The van der Waals surface area contributed by atoms with Gasteiger partial charge in [0.05, 0.1) is 23.7 Å². The lowest BCUT2D eigenvalue weighted by atomic mass is 10.1. The molecule has 1 aromatic rings. The molecule has 0 bridgehead atoms. The lowest BCUT2D eigenvalue weighted by Gasteiger charge is -2.26. The molecule has 2 saturated heterocycles. The van der Waals surface area contributed by atoms with Crippen molar-refractivity contribution < 1.29 is 19.1 Å². The zero-order valence-corrected chi connectivity index (χ0v) is 16.1. The van der Waals surface area contributed by atoms with Crippen LogP contribution in [0, 0.1) is 0 Å². The third kappa shape index (κ3) is 4.70. The Hall–Kier alpha value is -1.74. The van der Waals surface area contributed by atoms with Crippen molar-refractivity contribution in [3.8, 4) is 0 Å². The van der Waals surface area contributed by atoms with Gasteiger partial charge in [-0.2, -0.15) is 0 Å². The molecule has 0 unspecified atom stereocenters. The van der Waals surface area contributed by atoms with Gasteiger partial charge in [0.25, 0.3) is 5.91 Å². The minimum absolute atomic E-state index is 0.105. The summed E-state index contributed by atoms with van der Waals surface area (Å²) in [6, 6.07) is 6.99. The minimum atomic E-state index is -0.343. The molecule has 0 aliphatic carbocycles. The molecule has 8 heteroatoms. The first-order chi connectivity index (χ1) is 12.5. The summed E-state index contributed by atoms with van der Waals surface area (Å²) < 4.78 is 11.2. The monoisotopic (exact) mass is 392 g/mol. The molecule has 0 N–H and O–H groups in total. The van der Waals surface area contributed by atoms with Crippen LogP contribution >= 0.6 is 24.0 Å². The Labute approximate surface area is 162 Å². The summed E-state index contributed by atoms with van der Waals surface area (Å²) in [4.78, 5) is 28.4. The zero-order chi connectivity index (χ0) is 18.5. The van der Waals surface area contributed by atoms with Crippen LogP contribution in [0.4, 0.5) is 0 Å². The van der Waals surface area contributed by atoms with Crippen LogP contribution in [0.25, 0.3) is 6.08 Å². The molecule has 2 aliphatic heterocycles. The van der Waals surface area contributed by atoms with E-state index < -0.39 is 0 Å². The van der Waals surface area contributed by atoms with Gasteiger partial charge in [-0.3, -0.25) is 14.6 Å². The molecule has 0 aromatic heterocycles. The van der Waals surface area contributed by atoms with Gasteiger partial charge >= 0.3 is 5.97 Å². The van der Waals surface area contributed by atoms with Crippen LogP contribution in [0.5, 0.6) is 0 Å². The molecule has 6 nitrogen and oxygen atoms in total. The second kappa shape index (κ2) is 8.77. The fraction of sp³-hybridized carbons (Fsp3) is 0.389. The minimum Gasteiger partial charge on any atom is -0.461 e. The molecule has 26 heavy (non-hydrogen) atoms. The maximum atomic E-state index is 12.1. The van der Waals surface area contributed by atoms with Gasteiger partial charge < -0.3 is 9.47 Å². The van der Waals surface area contributed by atoms with Gasteiger partial charge in [0, 0.05) is 26.7 Å². The fourth-order valence-corrected chi connectivity index (χ4v) is 3.77. The number of nitrogens with zero attached hydrogens (tertiary/aromatic N) is 2. The predicted octanol–water partition coefficient (Wildman–Crippen LogP) is 2.01. The highest BCUT2D eigenvalue weighted by atomic mass is 32.2. The first-order valence-corrected chi connectivity index (χ1v) is 9.56. The molecule has 2 aliphatic rings. The molecule has 0 saturated carbocycles. The summed E-state index contributed by atoms with van der Waals surface area (Å²) in [5, 5.41) is 0. The summed E-state index contributed by atoms with van der Waals surface area (Å²) in [5.74, 6) is -0.448. The van der Waals surface area contributed by atoms with E-state index in [-0.39, 0.29) is 11.9 Å². The van der Waals surface area contributed by atoms with Crippen LogP contribution in [0.2, 0.25) is 0 Å². The summed E-state index contributed by atoms with van der Waals surface area (Å²) >= 11 is 6.39. The molecular formula is C18H20N2O4S2. The molecular weight excluding hydrogens is 372 g/mol. The van der Waals surface area contributed by atoms with Crippen LogP contribution in [-0.4, -0.2) is 72.5 Å². The lowest BCUT2D eigenvalue weighted by molar-refractivity contribution is -0.121. The van der Waals surface area contributed by atoms with Crippen molar-refractivity contribution in [2.75, 3.05) is 46.5 Å². The Morgan fingerprint density at radius 3 is 2.62 bits per heavy atom. The van der Waals surface area contributed by atoms with Gasteiger partial charge in [0.15, 0.2) is 0 Å². The summed E-state index contributed by atoms with van der Waals surface area (Å²) in [5.41, 5.74) is 1.33. The Morgan fingerprint density at radius 2 is 2.00 bits per heavy atom. The number of morpholine rings is 1. The second-order valence-electron chi connectivity index (χ2n) is 5.95. The van der Waals surface area contributed by atoms with E-state index in [0.717, 1.165) is 31.9 Å². The molecule has 3 rings (SSSR count). The highest BCUT2D eigenvalue weighted by Gasteiger charge is 2.28. The summed E-state index contributed by atoms with van der Waals surface area (Å²) in [6.07, 6.45) is 1.77. The first kappa shape index (κ1) is 19.0. The van der Waals surface area contributed by atoms with E-state index in [2.05, 4.69) is 4.90 Å². The largest absolute Gasteiger partial charge is 0.461 e. The first-order valence-electron chi connectivity index (χ1n) is 8.33. The molecule has 1 amide bonds. The number of carbonyl (C=O) groups excluding carboxylic acids is 2. The van der Waals surface area contributed by atoms with Crippen molar-refractivity contribution in [2.45, 2.75) is 0 Å². The molecule has 0 spiro atoms. The van der Waals surface area contributed by atoms with Crippen LogP contribution in [0.1, 0.15) is 15.9 Å². The number of hydrogen-bond donors (Lipinski definition) is 0. The molecule has 2 heterocycles. The number of ether oxygens (including phenoxy) is 2. The number of esters is 1. The molecule has 1 aromatic carbocycles. The smallest absolute Gasteiger partial charge is 0.338 e. The Balaban J connectivity index is 1.53. The van der Waals surface area contributed by atoms with E-state index in [0.29, 0.717) is 27.9 Å². The number of carbonyl (C=O) groups is 2. The number of thioether (sulfide) groups is 1. The van der Waals surface area contributed by atoms with Crippen molar-refractivity contribution in [1.82, 2.24) is 9.80 Å². The SMILES string of the molecule is CN1C(=O)C(=Cc2ccc(C(=O)OCCN3CCOCC3)cc2)SC1=S. The number of benzene rings is 1. The normalized spacial score (nSPS) is 20.0. The molecule has 0 atom stereocenters. The molecule has 2 fully saturated rings. The number of hydrogen-bond acceptors (Lipinski definition) is 7. The number of thiocarbonyl (C=S) groups is 1. The van der Waals surface area contributed by atoms with Crippen LogP contribution in [0.3, 0.4) is 0 Å². The van der Waals surface area contributed by atoms with Gasteiger partial charge in [0.1, 0.15) is 10.9 Å². The standard InChI is InChI=1S/C18H20N2O4S2/c1-19-16(21)15(26-18(19)25)12-13-2-4-14(5-3-13)17(22)24-11-8-20-6-9-23-10-7-20/h2-5,12H,6-11H2,1H3.